The monoisotopic (exact) mass is 301 g/mol. The third-order valence-electron chi connectivity index (χ3n) is 4.07. The van der Waals surface area contributed by atoms with Crippen LogP contribution in [-0.4, -0.2) is 19.6 Å². The molecule has 0 heterocycles. The highest BCUT2D eigenvalue weighted by molar-refractivity contribution is 5.58. The molecular weight excluding hydrogens is 279 g/mol. The number of benzene rings is 1. The maximum atomic E-state index is 12.8. The summed E-state index contributed by atoms with van der Waals surface area (Å²) in [6, 6.07) is 4.28. The highest BCUT2D eigenvalue weighted by Gasteiger charge is 2.33. The summed E-state index contributed by atoms with van der Waals surface area (Å²) in [5.41, 5.74) is 4.90. The fourth-order valence-corrected chi connectivity index (χ4v) is 2.93. The molecule has 118 valence electrons. The van der Waals surface area contributed by atoms with Gasteiger partial charge < -0.3 is 16.4 Å². The number of halogens is 3. The average Bonchev–Trinajstić information content (AvgIpc) is 2.42. The average molecular weight is 301 g/mol. The number of nitrogen functional groups attached to an aromatic ring is 1. The van der Waals surface area contributed by atoms with Crippen molar-refractivity contribution < 1.29 is 13.2 Å². The lowest BCUT2D eigenvalue weighted by Crippen LogP contribution is -2.30. The highest BCUT2D eigenvalue weighted by atomic mass is 19.4. The molecule has 6 heteroatoms. The first-order valence-electron chi connectivity index (χ1n) is 7.28. The van der Waals surface area contributed by atoms with Crippen LogP contribution in [0, 0.1) is 5.92 Å². The Bertz CT molecular complexity index is 466. The fraction of sp³-hybridized carbons (Fsp3) is 0.600. The molecule has 0 bridgehead atoms. The zero-order chi connectivity index (χ0) is 15.5. The minimum absolute atomic E-state index is 0.231. The lowest BCUT2D eigenvalue weighted by atomic mass is 9.86. The van der Waals surface area contributed by atoms with E-state index in [1.165, 1.54) is 6.07 Å². The first-order chi connectivity index (χ1) is 9.90. The molecule has 1 aromatic carbocycles. The minimum atomic E-state index is -4.41. The molecule has 0 unspecified atom stereocenters. The van der Waals surface area contributed by atoms with E-state index in [0.717, 1.165) is 38.3 Å². The van der Waals surface area contributed by atoms with E-state index in [0.29, 0.717) is 11.6 Å². The second-order valence-electron chi connectivity index (χ2n) is 5.72. The smallest absolute Gasteiger partial charge is 0.398 e. The molecule has 0 amide bonds. The Labute approximate surface area is 123 Å². The lowest BCUT2D eigenvalue weighted by Gasteiger charge is -2.30. The highest BCUT2D eigenvalue weighted by Crippen LogP contribution is 2.35. The molecule has 21 heavy (non-hydrogen) atoms. The molecule has 1 aliphatic rings. The van der Waals surface area contributed by atoms with Crippen molar-refractivity contribution in [2.45, 2.75) is 37.9 Å². The Morgan fingerprint density at radius 3 is 2.43 bits per heavy atom. The van der Waals surface area contributed by atoms with Crippen LogP contribution < -0.4 is 16.4 Å². The van der Waals surface area contributed by atoms with Gasteiger partial charge in [-0.2, -0.15) is 13.2 Å². The molecule has 0 aliphatic heterocycles. The van der Waals surface area contributed by atoms with Gasteiger partial charge in [0.15, 0.2) is 0 Å². The van der Waals surface area contributed by atoms with E-state index in [1.807, 2.05) is 7.05 Å². The van der Waals surface area contributed by atoms with Crippen LogP contribution in [0.3, 0.4) is 0 Å². The van der Waals surface area contributed by atoms with E-state index < -0.39 is 11.7 Å². The van der Waals surface area contributed by atoms with Crippen LogP contribution in [0.1, 0.15) is 31.2 Å². The number of nitrogens with two attached hydrogens (primary N) is 1. The van der Waals surface area contributed by atoms with Gasteiger partial charge in [0, 0.05) is 17.4 Å². The summed E-state index contributed by atoms with van der Waals surface area (Å²) in [6.07, 6.45) is -0.248. The van der Waals surface area contributed by atoms with Crippen molar-refractivity contribution in [1.29, 1.82) is 0 Å². The number of hydrogen-bond donors (Lipinski definition) is 3. The van der Waals surface area contributed by atoms with Gasteiger partial charge >= 0.3 is 6.18 Å². The largest absolute Gasteiger partial charge is 0.418 e. The number of nitrogens with one attached hydrogen (secondary N) is 2. The van der Waals surface area contributed by atoms with E-state index >= 15 is 0 Å². The molecular formula is C15H22F3N3. The summed E-state index contributed by atoms with van der Waals surface area (Å²) >= 11 is 0. The molecule has 1 fully saturated rings. The molecule has 3 nitrogen and oxygen atoms in total. The van der Waals surface area contributed by atoms with E-state index in [4.69, 9.17) is 5.73 Å². The fourth-order valence-electron chi connectivity index (χ4n) is 2.93. The second kappa shape index (κ2) is 6.56. The summed E-state index contributed by atoms with van der Waals surface area (Å²) in [5, 5.41) is 6.38. The second-order valence-corrected chi connectivity index (χ2v) is 5.72. The Kier molecular flexibility index (Phi) is 4.98. The van der Waals surface area contributed by atoms with Crippen LogP contribution >= 0.6 is 0 Å². The normalized spacial score (nSPS) is 23.0. The van der Waals surface area contributed by atoms with Crippen molar-refractivity contribution in [3.05, 3.63) is 23.8 Å². The van der Waals surface area contributed by atoms with Crippen molar-refractivity contribution in [2.75, 3.05) is 24.6 Å². The van der Waals surface area contributed by atoms with Crippen LogP contribution in [0.4, 0.5) is 24.5 Å². The molecule has 0 aromatic heterocycles. The van der Waals surface area contributed by atoms with Crippen LogP contribution in [0.25, 0.3) is 0 Å². The van der Waals surface area contributed by atoms with Gasteiger partial charge in [-0.25, -0.2) is 0 Å². The summed E-state index contributed by atoms with van der Waals surface area (Å²) in [4.78, 5) is 0. The molecule has 1 saturated carbocycles. The van der Waals surface area contributed by atoms with Crippen molar-refractivity contribution in [3.63, 3.8) is 0 Å². The minimum Gasteiger partial charge on any atom is -0.398 e. The van der Waals surface area contributed by atoms with Gasteiger partial charge in [0.25, 0.3) is 0 Å². The zero-order valence-electron chi connectivity index (χ0n) is 12.1. The van der Waals surface area contributed by atoms with Crippen LogP contribution in [0.2, 0.25) is 0 Å². The van der Waals surface area contributed by atoms with Crippen molar-refractivity contribution in [3.8, 4) is 0 Å². The first-order valence-corrected chi connectivity index (χ1v) is 7.28. The maximum Gasteiger partial charge on any atom is 0.418 e. The van der Waals surface area contributed by atoms with Crippen molar-refractivity contribution in [2.24, 2.45) is 5.92 Å². The van der Waals surface area contributed by atoms with E-state index in [9.17, 15) is 13.2 Å². The molecule has 0 saturated heterocycles. The molecule has 2 rings (SSSR count). The Morgan fingerprint density at radius 2 is 1.86 bits per heavy atom. The van der Waals surface area contributed by atoms with Crippen molar-refractivity contribution >= 4 is 11.4 Å². The van der Waals surface area contributed by atoms with E-state index in [1.54, 1.807) is 6.07 Å². The number of rotatable bonds is 4. The Balaban J connectivity index is 1.98. The Hall–Kier alpha value is -1.43. The van der Waals surface area contributed by atoms with Gasteiger partial charge in [0.05, 0.1) is 5.56 Å². The Morgan fingerprint density at radius 1 is 1.19 bits per heavy atom. The maximum absolute atomic E-state index is 12.8. The van der Waals surface area contributed by atoms with Crippen LogP contribution in [-0.2, 0) is 6.18 Å². The molecule has 0 atom stereocenters. The SMILES string of the molecule is CNCC1CCC(Nc2ccc(N)c(C(F)(F)F)c2)CC1. The number of anilines is 2. The summed E-state index contributed by atoms with van der Waals surface area (Å²) in [7, 11) is 1.94. The van der Waals surface area contributed by atoms with Gasteiger partial charge in [-0.05, 0) is 63.4 Å². The number of alkyl halides is 3. The van der Waals surface area contributed by atoms with Gasteiger partial charge in [0.2, 0.25) is 0 Å². The number of hydrogen-bond acceptors (Lipinski definition) is 3. The summed E-state index contributed by atoms with van der Waals surface area (Å²) < 4.78 is 38.5. The van der Waals surface area contributed by atoms with E-state index in [2.05, 4.69) is 10.6 Å². The lowest BCUT2D eigenvalue weighted by molar-refractivity contribution is -0.136. The molecule has 4 N–H and O–H groups in total. The van der Waals surface area contributed by atoms with Crippen LogP contribution in [0.15, 0.2) is 18.2 Å². The topological polar surface area (TPSA) is 50.1 Å². The standard InChI is InChI=1S/C15H22F3N3/c1-20-9-10-2-4-11(5-3-10)21-12-6-7-14(19)13(8-12)15(16,17)18/h6-8,10-11,20-21H,2-5,9,19H2,1H3. The van der Waals surface area contributed by atoms with Gasteiger partial charge in [-0.1, -0.05) is 0 Å². The van der Waals surface area contributed by atoms with Gasteiger partial charge in [-0.3, -0.25) is 0 Å². The summed E-state index contributed by atoms with van der Waals surface area (Å²) in [6.45, 7) is 1.01. The molecule has 1 aliphatic carbocycles. The van der Waals surface area contributed by atoms with Crippen LogP contribution in [0.5, 0.6) is 0 Å². The zero-order valence-corrected chi connectivity index (χ0v) is 12.1. The molecule has 1 aromatic rings. The third kappa shape index (κ3) is 4.27. The molecule has 0 radical (unpaired) electrons. The van der Waals surface area contributed by atoms with Gasteiger partial charge in [-0.15, -0.1) is 0 Å². The third-order valence-corrected chi connectivity index (χ3v) is 4.07. The van der Waals surface area contributed by atoms with E-state index in [-0.39, 0.29) is 11.7 Å². The predicted octanol–water partition coefficient (Wildman–Crippen LogP) is 3.48. The predicted molar refractivity (Wildman–Crippen MR) is 79.2 cm³/mol. The molecule has 0 spiro atoms. The van der Waals surface area contributed by atoms with Crippen molar-refractivity contribution in [1.82, 2.24) is 5.32 Å². The first kappa shape index (κ1) is 15.9. The summed E-state index contributed by atoms with van der Waals surface area (Å²) in [5.74, 6) is 0.671. The quantitative estimate of drug-likeness (QED) is 0.746. The van der Waals surface area contributed by atoms with Gasteiger partial charge in [0.1, 0.15) is 0 Å².